The minimum Gasteiger partial charge on any atom is -0.496 e. The third-order valence-corrected chi connectivity index (χ3v) is 5.84. The van der Waals surface area contributed by atoms with E-state index in [1.54, 1.807) is 42.5 Å². The number of carbonyl (C=O) groups is 2. The Hall–Kier alpha value is -2.87. The summed E-state index contributed by atoms with van der Waals surface area (Å²) in [7, 11) is -1.94. The van der Waals surface area contributed by atoms with Crippen LogP contribution in [0.15, 0.2) is 42.5 Å². The lowest BCUT2D eigenvalue weighted by Gasteiger charge is -2.21. The molecule has 8 heteroatoms. The normalized spacial score (nSPS) is 15.8. The van der Waals surface area contributed by atoms with Crippen LogP contribution in [0.3, 0.4) is 0 Å². The number of sulfonamides is 1. The van der Waals surface area contributed by atoms with Crippen LogP contribution in [0, 0.1) is 0 Å². The molecular formula is C20H21NO6S. The van der Waals surface area contributed by atoms with Crippen LogP contribution in [0.5, 0.6) is 5.75 Å². The van der Waals surface area contributed by atoms with Gasteiger partial charge in [0.2, 0.25) is 10.0 Å². The van der Waals surface area contributed by atoms with Gasteiger partial charge >= 0.3 is 5.97 Å². The SMILES string of the molecule is COc1ccccc1C(=O)OCC(=O)c1ccc2c(c1)C[C@@H](C)N2S(C)(=O)=O. The fraction of sp³-hybridized carbons (Fsp3) is 0.300. The van der Waals surface area contributed by atoms with Crippen molar-refractivity contribution in [1.29, 1.82) is 0 Å². The maximum Gasteiger partial charge on any atom is 0.342 e. The maximum atomic E-state index is 12.5. The first-order chi connectivity index (χ1) is 13.2. The average Bonchev–Trinajstić information content (AvgIpc) is 3.00. The Labute approximate surface area is 163 Å². The monoisotopic (exact) mass is 403 g/mol. The molecule has 2 aromatic rings. The van der Waals surface area contributed by atoms with Crippen molar-refractivity contribution in [2.45, 2.75) is 19.4 Å². The third-order valence-electron chi connectivity index (χ3n) is 4.57. The Morgan fingerprint density at radius 3 is 2.57 bits per heavy atom. The van der Waals surface area contributed by atoms with E-state index in [0.717, 1.165) is 11.8 Å². The molecule has 7 nitrogen and oxygen atoms in total. The zero-order valence-electron chi connectivity index (χ0n) is 15.8. The number of hydrogen-bond donors (Lipinski definition) is 0. The molecule has 0 fully saturated rings. The molecule has 0 aliphatic carbocycles. The highest BCUT2D eigenvalue weighted by Gasteiger charge is 2.32. The van der Waals surface area contributed by atoms with Crippen LogP contribution < -0.4 is 9.04 Å². The van der Waals surface area contributed by atoms with Gasteiger partial charge in [-0.1, -0.05) is 12.1 Å². The van der Waals surface area contributed by atoms with Gasteiger partial charge in [0.1, 0.15) is 11.3 Å². The van der Waals surface area contributed by atoms with E-state index in [1.165, 1.54) is 11.4 Å². The predicted molar refractivity (Wildman–Crippen MR) is 105 cm³/mol. The lowest BCUT2D eigenvalue weighted by molar-refractivity contribution is 0.0471. The number of ether oxygens (including phenoxy) is 2. The van der Waals surface area contributed by atoms with Gasteiger partial charge in [0, 0.05) is 11.6 Å². The second kappa shape index (κ2) is 7.63. The van der Waals surface area contributed by atoms with Crippen LogP contribution in [-0.4, -0.2) is 46.2 Å². The Morgan fingerprint density at radius 1 is 1.18 bits per heavy atom. The minimum absolute atomic E-state index is 0.210. The number of esters is 1. The predicted octanol–water partition coefficient (Wildman–Crippen LogP) is 2.45. The first kappa shape index (κ1) is 19.9. The fourth-order valence-corrected chi connectivity index (χ4v) is 4.65. The number of nitrogens with zero attached hydrogens (tertiary/aromatic N) is 1. The van der Waals surface area contributed by atoms with Gasteiger partial charge in [-0.25, -0.2) is 13.2 Å². The largest absolute Gasteiger partial charge is 0.496 e. The Bertz CT molecular complexity index is 1030. The van der Waals surface area contributed by atoms with Gasteiger partial charge in [-0.15, -0.1) is 0 Å². The van der Waals surface area contributed by atoms with Crippen LogP contribution in [0.4, 0.5) is 5.69 Å². The molecule has 0 saturated carbocycles. The van der Waals surface area contributed by atoms with Crippen molar-refractivity contribution in [2.75, 3.05) is 24.3 Å². The Morgan fingerprint density at radius 2 is 1.89 bits per heavy atom. The molecule has 0 bridgehead atoms. The minimum atomic E-state index is -3.39. The lowest BCUT2D eigenvalue weighted by atomic mass is 10.0. The number of Topliss-reactive ketones (excluding diaryl/α,β-unsaturated/α-hetero) is 1. The number of hydrogen-bond acceptors (Lipinski definition) is 6. The number of methoxy groups -OCH3 is 1. The van der Waals surface area contributed by atoms with Crippen molar-refractivity contribution in [3.8, 4) is 5.75 Å². The van der Waals surface area contributed by atoms with Crippen LogP contribution in [0.2, 0.25) is 0 Å². The zero-order chi connectivity index (χ0) is 20.5. The van der Waals surface area contributed by atoms with Crippen molar-refractivity contribution in [3.63, 3.8) is 0 Å². The highest BCUT2D eigenvalue weighted by Crippen LogP contribution is 2.34. The van der Waals surface area contributed by atoms with E-state index in [2.05, 4.69) is 0 Å². The summed E-state index contributed by atoms with van der Waals surface area (Å²) in [6.45, 7) is 1.40. The van der Waals surface area contributed by atoms with Crippen molar-refractivity contribution in [1.82, 2.24) is 0 Å². The molecule has 0 unspecified atom stereocenters. The summed E-state index contributed by atoms with van der Waals surface area (Å²) in [4.78, 5) is 24.7. The standard InChI is InChI=1S/C20H21NO6S/c1-13-10-15-11-14(8-9-17(15)21(13)28(3,24)25)18(22)12-27-20(23)16-6-4-5-7-19(16)26-2/h4-9,11,13H,10,12H2,1-3H3/t13-/m1/s1. The summed E-state index contributed by atoms with van der Waals surface area (Å²) >= 11 is 0. The molecule has 2 aromatic carbocycles. The van der Waals surface area contributed by atoms with Gasteiger partial charge < -0.3 is 9.47 Å². The Kier molecular flexibility index (Phi) is 5.42. The third kappa shape index (κ3) is 3.87. The number of benzene rings is 2. The number of para-hydroxylation sites is 1. The van der Waals surface area contributed by atoms with E-state index in [1.807, 2.05) is 6.92 Å². The average molecular weight is 403 g/mol. The topological polar surface area (TPSA) is 90.0 Å². The summed E-state index contributed by atoms with van der Waals surface area (Å²) in [5, 5.41) is 0. The molecule has 0 radical (unpaired) electrons. The summed E-state index contributed by atoms with van der Waals surface area (Å²) < 4.78 is 35.6. The number of ketones is 1. The van der Waals surface area contributed by atoms with E-state index in [-0.39, 0.29) is 17.4 Å². The van der Waals surface area contributed by atoms with Gasteiger partial charge in [-0.05, 0) is 49.2 Å². The van der Waals surface area contributed by atoms with Gasteiger partial charge in [0.05, 0.1) is 19.1 Å². The van der Waals surface area contributed by atoms with Crippen molar-refractivity contribution < 1.29 is 27.5 Å². The van der Waals surface area contributed by atoms with E-state index < -0.39 is 22.6 Å². The second-order valence-electron chi connectivity index (χ2n) is 6.66. The van der Waals surface area contributed by atoms with E-state index >= 15 is 0 Å². The van der Waals surface area contributed by atoms with E-state index in [9.17, 15) is 18.0 Å². The molecule has 0 aromatic heterocycles. The van der Waals surface area contributed by atoms with Crippen LogP contribution in [0.25, 0.3) is 0 Å². The highest BCUT2D eigenvalue weighted by atomic mass is 32.2. The second-order valence-corrected chi connectivity index (χ2v) is 8.51. The summed E-state index contributed by atoms with van der Waals surface area (Å²) in [6.07, 6.45) is 1.68. The fourth-order valence-electron chi connectivity index (χ4n) is 3.39. The van der Waals surface area contributed by atoms with E-state index in [0.29, 0.717) is 23.4 Å². The van der Waals surface area contributed by atoms with Gasteiger partial charge in [0.25, 0.3) is 0 Å². The van der Waals surface area contributed by atoms with Crippen LogP contribution in [-0.2, 0) is 21.2 Å². The molecule has 0 N–H and O–H groups in total. The van der Waals surface area contributed by atoms with Crippen molar-refractivity contribution in [3.05, 3.63) is 59.2 Å². The lowest BCUT2D eigenvalue weighted by Crippen LogP contribution is -2.34. The van der Waals surface area contributed by atoms with E-state index in [4.69, 9.17) is 9.47 Å². The summed E-state index contributed by atoms with van der Waals surface area (Å²) in [5.74, 6) is -0.646. The molecule has 148 valence electrons. The Balaban J connectivity index is 1.73. The molecule has 1 aliphatic rings. The van der Waals surface area contributed by atoms with Gasteiger partial charge in [-0.2, -0.15) is 0 Å². The molecule has 1 aliphatic heterocycles. The van der Waals surface area contributed by atoms with Crippen molar-refractivity contribution in [2.24, 2.45) is 0 Å². The van der Waals surface area contributed by atoms with Crippen molar-refractivity contribution >= 4 is 27.5 Å². The number of anilines is 1. The molecule has 1 heterocycles. The highest BCUT2D eigenvalue weighted by molar-refractivity contribution is 7.92. The van der Waals surface area contributed by atoms with Gasteiger partial charge in [0.15, 0.2) is 12.4 Å². The number of rotatable bonds is 6. The number of fused-ring (bicyclic) bond motifs is 1. The molecule has 28 heavy (non-hydrogen) atoms. The zero-order valence-corrected chi connectivity index (χ0v) is 16.7. The molecule has 1 atom stereocenters. The smallest absolute Gasteiger partial charge is 0.342 e. The summed E-state index contributed by atoms with van der Waals surface area (Å²) in [5.41, 5.74) is 1.97. The van der Waals surface area contributed by atoms with Crippen LogP contribution in [0.1, 0.15) is 33.2 Å². The van der Waals surface area contributed by atoms with Crippen LogP contribution >= 0.6 is 0 Å². The quantitative estimate of drug-likeness (QED) is 0.544. The summed E-state index contributed by atoms with van der Waals surface area (Å²) in [6, 6.07) is 11.2. The molecule has 3 rings (SSSR count). The number of carbonyl (C=O) groups excluding carboxylic acids is 2. The first-order valence-electron chi connectivity index (χ1n) is 8.68. The molecular weight excluding hydrogens is 382 g/mol. The van der Waals surface area contributed by atoms with Gasteiger partial charge in [-0.3, -0.25) is 9.10 Å². The molecule has 0 spiro atoms. The first-order valence-corrected chi connectivity index (χ1v) is 10.5. The molecule has 0 saturated heterocycles. The molecule has 0 amide bonds. The maximum absolute atomic E-state index is 12.5.